The highest BCUT2D eigenvalue weighted by Crippen LogP contribution is 2.68. The predicted molar refractivity (Wildman–Crippen MR) is 407 cm³/mol. The van der Waals surface area contributed by atoms with Crippen molar-refractivity contribution >= 4 is 35.8 Å². The van der Waals surface area contributed by atoms with Crippen LogP contribution < -0.4 is 0 Å². The Bertz CT molecular complexity index is 2840. The third kappa shape index (κ3) is 23.1. The van der Waals surface area contributed by atoms with Crippen LogP contribution in [0.3, 0.4) is 0 Å². The van der Waals surface area contributed by atoms with Crippen LogP contribution in [0, 0.1) is 82.3 Å². The fourth-order valence-corrected chi connectivity index (χ4v) is 21.0. The van der Waals surface area contributed by atoms with Gasteiger partial charge in [-0.1, -0.05) is 105 Å². The van der Waals surface area contributed by atoms with Crippen molar-refractivity contribution < 1.29 is 66.7 Å². The Hall–Kier alpha value is -4.82. The van der Waals surface area contributed by atoms with E-state index in [9.17, 15) is 28.8 Å². The molecule has 0 spiro atoms. The van der Waals surface area contributed by atoms with Gasteiger partial charge in [-0.15, -0.1) is 0 Å². The Kier molecular flexibility index (Phi) is 31.8. The van der Waals surface area contributed by atoms with E-state index in [0.717, 1.165) is 84.9 Å². The monoisotopic (exact) mass is 1420 g/mol. The molecule has 0 radical (unpaired) electrons. The Balaban J connectivity index is 0.000000194. The first-order valence-corrected chi connectivity index (χ1v) is 40.0. The third-order valence-corrected chi connectivity index (χ3v) is 26.3. The Morgan fingerprint density at radius 1 is 0.412 bits per heavy atom. The maximum Gasteiger partial charge on any atom is 0.335 e. The average molecular weight is 1420 g/mol. The summed E-state index contributed by atoms with van der Waals surface area (Å²) in [5, 5.41) is 0. The third-order valence-electron chi connectivity index (χ3n) is 26.3. The van der Waals surface area contributed by atoms with Gasteiger partial charge in [-0.3, -0.25) is 0 Å². The zero-order valence-corrected chi connectivity index (χ0v) is 65.9. The van der Waals surface area contributed by atoms with Crippen LogP contribution in [0.5, 0.6) is 0 Å². The van der Waals surface area contributed by atoms with E-state index in [1.807, 2.05) is 34.6 Å². The lowest BCUT2D eigenvalue weighted by Crippen LogP contribution is -2.58. The highest BCUT2D eigenvalue weighted by molar-refractivity contribution is 5.89. The minimum atomic E-state index is -0.450. The fraction of sp³-hybridized carbons (Fsp3) is 0.795. The van der Waals surface area contributed by atoms with Crippen molar-refractivity contribution in [1.29, 1.82) is 0 Å². The molecule has 0 heterocycles. The van der Waals surface area contributed by atoms with Gasteiger partial charge in [0.25, 0.3) is 0 Å². The molecule has 13 atom stereocenters. The molecule has 0 aromatic rings. The molecule has 0 N–H and O–H groups in total. The van der Waals surface area contributed by atoms with Crippen molar-refractivity contribution in [3.8, 4) is 0 Å². The number of esters is 6. The second-order valence-electron chi connectivity index (χ2n) is 35.6. The molecule has 0 aromatic heterocycles. The second kappa shape index (κ2) is 37.6. The topological polar surface area (TPSA) is 176 Å². The molecular formula is C88H142O14. The average Bonchev–Trinajstić information content (AvgIpc) is 1.21. The normalized spacial score (nSPS) is 31.5. The molecule has 13 fully saturated rings. The molecule has 13 rings (SSSR count). The standard InChI is InChI=1S/C18H26O3.C18H28O2.C13H20O3.2C13H22O2.C12H20O2.CH4/c1-9(2)18(19)21-10(3)20-15-8-13-7-14(15)17-12-5-4-11(6-12)16(13)17;1-5-17(4,20-16(19)12(2)3)18-9-13-6-14(10-18)8-15(7-13)11-18;1-8(2)13(14)16-9(3)15-12-7-10-4-5-11(12)6-10;1-10(2)12(14)15-13(3,4)11-8-6-5-7-9-11;1-11(2)12(14)15-13(3)9-7-5-4-6-8-10-13;1-9(2)11(13)14-12(3,4)10-7-5-6-8-10;/h10-17H,1,4-8H2,2-3H3;13-15H,2,5-11H2,1,3-4H3;9-12H,1,4-7H2,2-3H3;11H,1,5-9H2,2-4H3;1,4-10H2,2-3H3;10H,1,5-8H2,2-4H3;1H4. The first-order chi connectivity index (χ1) is 47.4. The van der Waals surface area contributed by atoms with Gasteiger partial charge in [-0.2, -0.15) is 0 Å². The maximum absolute atomic E-state index is 12.1. The van der Waals surface area contributed by atoms with Crippen molar-refractivity contribution in [3.63, 3.8) is 0 Å². The SMILES string of the molecule is C.C=C(C)C(=O)OC(C)(C)C1CCCC1.C=C(C)C(=O)OC(C)(C)C1CCCCC1.C=C(C)C(=O)OC(C)(CC)C12CC3CC(CC(C3)C1)C2.C=C(C)C(=O)OC(C)OC1CC2CC1C1C3CCC(C3)C21.C=C(C)C(=O)OC(C)OC1CC2CCC1C2.C=C(C)C(=O)OC1(C)CCCCCCC1. The van der Waals surface area contributed by atoms with Crippen LogP contribution in [0.25, 0.3) is 0 Å². The fourth-order valence-electron chi connectivity index (χ4n) is 21.0. The Labute approximate surface area is 618 Å². The molecule has 578 valence electrons. The molecule has 0 aliphatic heterocycles. The molecule has 102 heavy (non-hydrogen) atoms. The number of carbonyl (C=O) groups excluding carboxylic acids is 6. The van der Waals surface area contributed by atoms with Gasteiger partial charge in [-0.25, -0.2) is 28.8 Å². The highest BCUT2D eigenvalue weighted by atomic mass is 16.7. The first kappa shape index (κ1) is 86.1. The molecule has 13 aliphatic rings. The largest absolute Gasteiger partial charge is 0.456 e. The van der Waals surface area contributed by atoms with Gasteiger partial charge in [0.15, 0.2) is 0 Å². The quantitative estimate of drug-likeness (QED) is 0.0370. The van der Waals surface area contributed by atoms with Crippen molar-refractivity contribution in [1.82, 2.24) is 0 Å². The summed E-state index contributed by atoms with van der Waals surface area (Å²) < 4.78 is 44.8. The molecule has 0 saturated heterocycles. The summed E-state index contributed by atoms with van der Waals surface area (Å²) in [6.45, 7) is 50.0. The van der Waals surface area contributed by atoms with E-state index < -0.39 is 12.6 Å². The van der Waals surface area contributed by atoms with Crippen LogP contribution >= 0.6 is 0 Å². The molecule has 13 aliphatic carbocycles. The van der Waals surface area contributed by atoms with Crippen LogP contribution in [0.15, 0.2) is 72.9 Å². The summed E-state index contributed by atoms with van der Waals surface area (Å²) in [5.41, 5.74) is 1.86. The van der Waals surface area contributed by atoms with Gasteiger partial charge in [-0.05, 0) is 328 Å². The van der Waals surface area contributed by atoms with Crippen molar-refractivity contribution in [2.24, 2.45) is 82.3 Å². The van der Waals surface area contributed by atoms with E-state index in [4.69, 9.17) is 37.9 Å². The number of rotatable bonds is 20. The Morgan fingerprint density at radius 3 is 1.22 bits per heavy atom. The van der Waals surface area contributed by atoms with Crippen LogP contribution in [0.4, 0.5) is 0 Å². The molecular weight excluding hydrogens is 1280 g/mol. The second-order valence-corrected chi connectivity index (χ2v) is 35.6. The number of hydrogen-bond donors (Lipinski definition) is 0. The minimum absolute atomic E-state index is 0. The number of hydrogen-bond acceptors (Lipinski definition) is 14. The summed E-state index contributed by atoms with van der Waals surface area (Å²) in [7, 11) is 0. The highest BCUT2D eigenvalue weighted by Gasteiger charge is 2.63. The summed E-state index contributed by atoms with van der Waals surface area (Å²) in [6, 6.07) is 0. The van der Waals surface area contributed by atoms with Crippen molar-refractivity contribution in [2.45, 2.75) is 364 Å². The molecule has 14 heteroatoms. The van der Waals surface area contributed by atoms with Gasteiger partial charge in [0.2, 0.25) is 12.6 Å². The van der Waals surface area contributed by atoms with Crippen LogP contribution in [-0.2, 0) is 66.7 Å². The summed E-state index contributed by atoms with van der Waals surface area (Å²) >= 11 is 0. The number of ether oxygens (including phenoxy) is 8. The van der Waals surface area contributed by atoms with E-state index in [0.29, 0.717) is 63.4 Å². The lowest BCUT2D eigenvalue weighted by molar-refractivity contribution is -0.201. The van der Waals surface area contributed by atoms with Crippen LogP contribution in [0.2, 0.25) is 0 Å². The van der Waals surface area contributed by atoms with E-state index in [1.54, 1.807) is 48.5 Å². The van der Waals surface area contributed by atoms with Crippen molar-refractivity contribution in [3.05, 3.63) is 72.9 Å². The first-order valence-electron chi connectivity index (χ1n) is 40.0. The number of carbonyl (C=O) groups is 6. The zero-order chi connectivity index (χ0) is 74.5. The van der Waals surface area contributed by atoms with Gasteiger partial charge in [0.1, 0.15) is 22.4 Å². The molecule has 13 saturated carbocycles. The lowest BCUT2D eigenvalue weighted by atomic mass is 9.45. The van der Waals surface area contributed by atoms with Crippen molar-refractivity contribution in [2.75, 3.05) is 0 Å². The van der Waals surface area contributed by atoms with E-state index >= 15 is 0 Å². The predicted octanol–water partition coefficient (Wildman–Crippen LogP) is 21.5. The van der Waals surface area contributed by atoms with Crippen LogP contribution in [0.1, 0.15) is 317 Å². The zero-order valence-electron chi connectivity index (χ0n) is 65.9. The molecule has 14 nitrogen and oxygen atoms in total. The summed E-state index contributed by atoms with van der Waals surface area (Å²) in [5.74, 6) is 9.06. The molecule has 10 bridgehead atoms. The van der Waals surface area contributed by atoms with E-state index in [1.165, 1.54) is 180 Å². The number of fused-ring (bicyclic) bond motifs is 11. The smallest absolute Gasteiger partial charge is 0.335 e. The molecule has 13 unspecified atom stereocenters. The summed E-state index contributed by atoms with van der Waals surface area (Å²) in [4.78, 5) is 69.3. The minimum Gasteiger partial charge on any atom is -0.456 e. The molecule has 0 amide bonds. The lowest BCUT2D eigenvalue weighted by Gasteiger charge is -2.62. The van der Waals surface area contributed by atoms with Gasteiger partial charge in [0.05, 0.1) is 12.2 Å². The van der Waals surface area contributed by atoms with Gasteiger partial charge < -0.3 is 37.9 Å². The van der Waals surface area contributed by atoms with Gasteiger partial charge in [0, 0.05) is 38.9 Å². The van der Waals surface area contributed by atoms with E-state index in [2.05, 4.69) is 60.2 Å². The van der Waals surface area contributed by atoms with Gasteiger partial charge >= 0.3 is 35.8 Å². The maximum atomic E-state index is 12.1. The Morgan fingerprint density at radius 2 is 0.804 bits per heavy atom. The molecule has 0 aromatic carbocycles. The van der Waals surface area contributed by atoms with E-state index in [-0.39, 0.29) is 71.1 Å². The summed E-state index contributed by atoms with van der Waals surface area (Å²) in [6.07, 6.45) is 40.0. The van der Waals surface area contributed by atoms with Crippen LogP contribution in [-0.4, -0.2) is 83.0 Å².